The van der Waals surface area contributed by atoms with Gasteiger partial charge in [0.25, 0.3) is 0 Å². The summed E-state index contributed by atoms with van der Waals surface area (Å²) in [4.78, 5) is 15.8. The summed E-state index contributed by atoms with van der Waals surface area (Å²) < 4.78 is 0.895. The molecule has 1 N–H and O–H groups in total. The maximum absolute atomic E-state index is 12.7. The summed E-state index contributed by atoms with van der Waals surface area (Å²) in [5, 5.41) is 1.36. The summed E-state index contributed by atoms with van der Waals surface area (Å²) in [7, 11) is 0. The van der Waals surface area contributed by atoms with Crippen molar-refractivity contribution in [1.29, 1.82) is 0 Å². The molecule has 0 saturated heterocycles. The van der Waals surface area contributed by atoms with Gasteiger partial charge in [0.15, 0.2) is 5.78 Å². The molecule has 3 aromatic rings. The summed E-state index contributed by atoms with van der Waals surface area (Å²) >= 11 is 9.64. The van der Waals surface area contributed by atoms with Gasteiger partial charge in [0.1, 0.15) is 0 Å². The number of hydrogen-bond donors (Lipinski definition) is 1. The standard InChI is InChI=1S/C16H11BrClNO/c1-9-5-10(7-11(17)6-9)16(20)12-8-19-14-4-2-3-13(18)15(12)14/h2-8,19H,1H3. The number of rotatable bonds is 2. The SMILES string of the molecule is Cc1cc(Br)cc(C(=O)c2c[nH]c3cccc(Cl)c23)c1. The molecular weight excluding hydrogens is 338 g/mol. The van der Waals surface area contributed by atoms with E-state index in [2.05, 4.69) is 20.9 Å². The minimum absolute atomic E-state index is 0.0336. The first-order valence-corrected chi connectivity index (χ1v) is 7.31. The van der Waals surface area contributed by atoms with Gasteiger partial charge in [-0.15, -0.1) is 0 Å². The van der Waals surface area contributed by atoms with Crippen molar-refractivity contribution in [3.8, 4) is 0 Å². The van der Waals surface area contributed by atoms with E-state index in [1.807, 2.05) is 37.3 Å². The number of fused-ring (bicyclic) bond motifs is 1. The molecule has 0 aliphatic carbocycles. The number of halogens is 2. The van der Waals surface area contributed by atoms with Gasteiger partial charge in [0.05, 0.1) is 5.02 Å². The molecule has 2 nitrogen and oxygen atoms in total. The third kappa shape index (κ3) is 2.28. The van der Waals surface area contributed by atoms with Crippen LogP contribution in [0.1, 0.15) is 21.5 Å². The van der Waals surface area contributed by atoms with E-state index in [1.165, 1.54) is 0 Å². The number of aromatic nitrogens is 1. The lowest BCUT2D eigenvalue weighted by molar-refractivity contribution is 0.104. The molecule has 0 bridgehead atoms. The third-order valence-corrected chi connectivity index (χ3v) is 3.98. The largest absolute Gasteiger partial charge is 0.360 e. The zero-order valence-electron chi connectivity index (χ0n) is 10.7. The molecule has 4 heteroatoms. The van der Waals surface area contributed by atoms with Crippen molar-refractivity contribution < 1.29 is 4.79 Å². The predicted molar refractivity (Wildman–Crippen MR) is 85.6 cm³/mol. The molecule has 0 aliphatic heterocycles. The summed E-state index contributed by atoms with van der Waals surface area (Å²) in [5.74, 6) is -0.0336. The molecule has 0 amide bonds. The maximum Gasteiger partial charge on any atom is 0.195 e. The van der Waals surface area contributed by atoms with Crippen LogP contribution in [0.3, 0.4) is 0 Å². The highest BCUT2D eigenvalue weighted by Crippen LogP contribution is 2.29. The second-order valence-electron chi connectivity index (χ2n) is 4.71. The molecule has 0 fully saturated rings. The van der Waals surface area contributed by atoms with Gasteiger partial charge in [-0.05, 0) is 42.8 Å². The van der Waals surface area contributed by atoms with Crippen molar-refractivity contribution >= 4 is 44.2 Å². The van der Waals surface area contributed by atoms with E-state index >= 15 is 0 Å². The average Bonchev–Trinajstić information content (AvgIpc) is 2.82. The van der Waals surface area contributed by atoms with Crippen molar-refractivity contribution in [2.24, 2.45) is 0 Å². The molecule has 3 rings (SSSR count). The van der Waals surface area contributed by atoms with Gasteiger partial charge in [-0.1, -0.05) is 33.6 Å². The predicted octanol–water partition coefficient (Wildman–Crippen LogP) is 5.12. The van der Waals surface area contributed by atoms with Crippen LogP contribution >= 0.6 is 27.5 Å². The van der Waals surface area contributed by atoms with Crippen molar-refractivity contribution in [2.75, 3.05) is 0 Å². The van der Waals surface area contributed by atoms with E-state index in [4.69, 9.17) is 11.6 Å². The minimum Gasteiger partial charge on any atom is -0.360 e. The van der Waals surface area contributed by atoms with Crippen molar-refractivity contribution in [3.05, 3.63) is 68.8 Å². The van der Waals surface area contributed by atoms with Gasteiger partial charge in [-0.25, -0.2) is 0 Å². The van der Waals surface area contributed by atoms with Gasteiger partial charge >= 0.3 is 0 Å². The Hall–Kier alpha value is -1.58. The van der Waals surface area contributed by atoms with Crippen molar-refractivity contribution in [1.82, 2.24) is 4.98 Å². The van der Waals surface area contributed by atoms with Crippen LogP contribution in [0.15, 0.2) is 47.1 Å². The Balaban J connectivity index is 2.18. The Bertz CT molecular complexity index is 802. The smallest absolute Gasteiger partial charge is 0.195 e. The fourth-order valence-corrected chi connectivity index (χ4v) is 3.23. The van der Waals surface area contributed by atoms with Crippen LogP contribution < -0.4 is 0 Å². The Labute approximate surface area is 129 Å². The fraction of sp³-hybridized carbons (Fsp3) is 0.0625. The highest BCUT2D eigenvalue weighted by molar-refractivity contribution is 9.10. The normalized spacial score (nSPS) is 10.9. The number of carbonyl (C=O) groups is 1. The molecule has 100 valence electrons. The Morgan fingerprint density at radius 3 is 2.80 bits per heavy atom. The van der Waals surface area contributed by atoms with Gasteiger partial charge in [0.2, 0.25) is 0 Å². The maximum atomic E-state index is 12.7. The first kappa shape index (κ1) is 13.4. The number of aryl methyl sites for hydroxylation is 1. The zero-order valence-corrected chi connectivity index (χ0v) is 13.0. The number of nitrogens with one attached hydrogen (secondary N) is 1. The van der Waals surface area contributed by atoms with E-state index in [0.717, 1.165) is 20.9 Å². The first-order valence-electron chi connectivity index (χ1n) is 6.14. The number of H-pyrrole nitrogens is 1. The quantitative estimate of drug-likeness (QED) is 0.640. The topological polar surface area (TPSA) is 32.9 Å². The monoisotopic (exact) mass is 347 g/mol. The Morgan fingerprint density at radius 1 is 1.25 bits per heavy atom. The van der Waals surface area contributed by atoms with E-state index in [0.29, 0.717) is 16.1 Å². The Morgan fingerprint density at radius 2 is 2.05 bits per heavy atom. The number of carbonyl (C=O) groups excluding carboxylic acids is 1. The molecule has 0 saturated carbocycles. The van der Waals surface area contributed by atoms with Crippen molar-refractivity contribution in [3.63, 3.8) is 0 Å². The summed E-state index contributed by atoms with van der Waals surface area (Å²) in [6.07, 6.45) is 1.72. The number of aromatic amines is 1. The van der Waals surface area contributed by atoms with Crippen LogP contribution in [-0.2, 0) is 0 Å². The van der Waals surface area contributed by atoms with Crippen molar-refractivity contribution in [2.45, 2.75) is 6.92 Å². The summed E-state index contributed by atoms with van der Waals surface area (Å²) in [6.45, 7) is 1.96. The molecule has 0 radical (unpaired) electrons. The minimum atomic E-state index is -0.0336. The lowest BCUT2D eigenvalue weighted by Crippen LogP contribution is -2.01. The molecule has 0 unspecified atom stereocenters. The molecular formula is C16H11BrClNO. The summed E-state index contributed by atoms with van der Waals surface area (Å²) in [6, 6.07) is 11.2. The van der Waals surface area contributed by atoms with Gasteiger partial charge in [-0.2, -0.15) is 0 Å². The van der Waals surface area contributed by atoms with E-state index < -0.39 is 0 Å². The lowest BCUT2D eigenvalue weighted by atomic mass is 10.0. The van der Waals surface area contributed by atoms with Crippen LogP contribution in [0, 0.1) is 6.92 Å². The molecule has 0 spiro atoms. The van der Waals surface area contributed by atoms with Gasteiger partial charge in [-0.3, -0.25) is 4.79 Å². The third-order valence-electron chi connectivity index (χ3n) is 3.20. The molecule has 1 aromatic heterocycles. The van der Waals surface area contributed by atoms with Crippen LogP contribution in [0.5, 0.6) is 0 Å². The lowest BCUT2D eigenvalue weighted by Gasteiger charge is -2.04. The molecule has 1 heterocycles. The Kier molecular flexibility index (Phi) is 3.40. The molecule has 2 aromatic carbocycles. The van der Waals surface area contributed by atoms with Crippen LogP contribution in [0.2, 0.25) is 5.02 Å². The van der Waals surface area contributed by atoms with E-state index in [1.54, 1.807) is 12.3 Å². The fourth-order valence-electron chi connectivity index (χ4n) is 2.34. The summed E-state index contributed by atoms with van der Waals surface area (Å²) in [5.41, 5.74) is 3.15. The average molecular weight is 349 g/mol. The van der Waals surface area contributed by atoms with Crippen LogP contribution in [0.25, 0.3) is 10.9 Å². The number of benzene rings is 2. The molecule has 0 atom stereocenters. The highest BCUT2D eigenvalue weighted by atomic mass is 79.9. The molecule has 0 aliphatic rings. The van der Waals surface area contributed by atoms with Crippen LogP contribution in [-0.4, -0.2) is 10.8 Å². The highest BCUT2D eigenvalue weighted by Gasteiger charge is 2.16. The number of ketones is 1. The first-order chi connectivity index (χ1) is 9.56. The second-order valence-corrected chi connectivity index (χ2v) is 6.03. The second kappa shape index (κ2) is 5.08. The van der Waals surface area contributed by atoms with Gasteiger partial charge < -0.3 is 4.98 Å². The number of hydrogen-bond acceptors (Lipinski definition) is 1. The molecule has 20 heavy (non-hydrogen) atoms. The van der Waals surface area contributed by atoms with Crippen LogP contribution in [0.4, 0.5) is 0 Å². The zero-order chi connectivity index (χ0) is 14.3. The van der Waals surface area contributed by atoms with E-state index in [-0.39, 0.29) is 5.78 Å². The van der Waals surface area contributed by atoms with E-state index in [9.17, 15) is 4.79 Å². The van der Waals surface area contributed by atoms with Gasteiger partial charge in [0, 0.05) is 32.7 Å².